The minimum atomic E-state index is -0.604. The van der Waals surface area contributed by atoms with Crippen LogP contribution < -0.4 is 5.32 Å². The van der Waals surface area contributed by atoms with Crippen molar-refractivity contribution in [3.63, 3.8) is 0 Å². The molecule has 1 heterocycles. The van der Waals surface area contributed by atoms with E-state index in [0.29, 0.717) is 0 Å². The average molecular weight is 271 g/mol. The molecule has 0 unspecified atom stereocenters. The van der Waals surface area contributed by atoms with Gasteiger partial charge in [0.15, 0.2) is 0 Å². The van der Waals surface area contributed by atoms with Gasteiger partial charge < -0.3 is 10.4 Å². The quantitative estimate of drug-likeness (QED) is 0.816. The Kier molecular flexibility index (Phi) is 4.95. The maximum atomic E-state index is 10.8. The molecule has 1 fully saturated rings. The molecular weight excluding hydrogens is 250 g/mol. The highest BCUT2D eigenvalue weighted by Crippen LogP contribution is 2.41. The van der Waals surface area contributed by atoms with Gasteiger partial charge in [-0.1, -0.05) is 24.3 Å². The summed E-state index contributed by atoms with van der Waals surface area (Å²) >= 11 is 0. The van der Waals surface area contributed by atoms with Crippen LogP contribution in [0.3, 0.4) is 0 Å². The molecule has 0 spiro atoms. The van der Waals surface area contributed by atoms with Gasteiger partial charge >= 0.3 is 0 Å². The van der Waals surface area contributed by atoms with E-state index in [1.165, 1.54) is 12.0 Å². The lowest BCUT2D eigenvalue weighted by Crippen LogP contribution is -2.43. The van der Waals surface area contributed by atoms with Crippen LogP contribution in [0.4, 0.5) is 0 Å². The zero-order chi connectivity index (χ0) is 10.3. The molecule has 1 saturated heterocycles. The van der Waals surface area contributed by atoms with Gasteiger partial charge in [0, 0.05) is 6.04 Å². The van der Waals surface area contributed by atoms with E-state index >= 15 is 0 Å². The van der Waals surface area contributed by atoms with Crippen molar-refractivity contribution in [2.75, 3.05) is 6.54 Å². The van der Waals surface area contributed by atoms with Crippen molar-refractivity contribution in [1.82, 2.24) is 5.32 Å². The molecule has 2 N–H and O–H groups in total. The summed E-state index contributed by atoms with van der Waals surface area (Å²) in [7, 11) is 0. The van der Waals surface area contributed by atoms with E-state index < -0.39 is 5.60 Å². The van der Waals surface area contributed by atoms with E-state index in [9.17, 15) is 5.11 Å². The van der Waals surface area contributed by atoms with Gasteiger partial charge in [-0.25, -0.2) is 0 Å². The molecule has 0 amide bonds. The molecule has 96 valence electrons. The lowest BCUT2D eigenvalue weighted by Gasteiger charge is -2.31. The third-order valence-corrected chi connectivity index (χ3v) is 3.90. The molecular formula is C13H21NOS2. The number of aryl methyl sites for hydroxylation is 1. The average Bonchev–Trinajstić information content (AvgIpc) is 2.88. The maximum Gasteiger partial charge on any atom is 0.105 e. The van der Waals surface area contributed by atoms with Crippen molar-refractivity contribution in [3.8, 4) is 0 Å². The summed E-state index contributed by atoms with van der Waals surface area (Å²) in [6, 6.07) is 8.59. The molecule has 1 aliphatic carbocycles. The summed E-state index contributed by atoms with van der Waals surface area (Å²) in [5.41, 5.74) is 1.88. The van der Waals surface area contributed by atoms with E-state index in [1.54, 1.807) is 0 Å². The van der Waals surface area contributed by atoms with Crippen molar-refractivity contribution in [3.05, 3.63) is 35.4 Å². The van der Waals surface area contributed by atoms with Gasteiger partial charge in [0.1, 0.15) is 5.60 Å². The van der Waals surface area contributed by atoms with Crippen molar-refractivity contribution in [1.29, 1.82) is 0 Å². The van der Waals surface area contributed by atoms with Crippen LogP contribution in [0.2, 0.25) is 0 Å². The number of hydrogen-bond donors (Lipinski definition) is 2. The summed E-state index contributed by atoms with van der Waals surface area (Å²) in [6.07, 6.45) is 4.19. The number of benzene rings is 1. The first-order valence-electron chi connectivity index (χ1n) is 5.85. The van der Waals surface area contributed by atoms with Gasteiger partial charge in [0.05, 0.1) is 0 Å². The van der Waals surface area contributed by atoms with Gasteiger partial charge in [-0.05, 0) is 43.4 Å². The second-order valence-electron chi connectivity index (χ2n) is 4.73. The monoisotopic (exact) mass is 271 g/mol. The number of aliphatic hydroxyl groups is 1. The largest absolute Gasteiger partial charge is 0.384 e. The molecule has 17 heavy (non-hydrogen) atoms. The summed E-state index contributed by atoms with van der Waals surface area (Å²) in [4.78, 5) is 0. The Labute approximate surface area is 117 Å². The first-order valence-corrected chi connectivity index (χ1v) is 5.85. The molecule has 2 atom stereocenters. The van der Waals surface area contributed by atoms with Gasteiger partial charge in [0.2, 0.25) is 0 Å². The van der Waals surface area contributed by atoms with Crippen molar-refractivity contribution < 1.29 is 5.11 Å². The summed E-state index contributed by atoms with van der Waals surface area (Å²) in [5.74, 6) is 0. The van der Waals surface area contributed by atoms with Crippen LogP contribution in [0.1, 0.15) is 30.4 Å². The highest BCUT2D eigenvalue weighted by Gasteiger charge is 2.44. The zero-order valence-corrected chi connectivity index (χ0v) is 11.9. The fourth-order valence-electron chi connectivity index (χ4n) is 3.07. The SMILES string of the molecule is O[C@@]1([C@@H]2CCCN2)CCc2ccccc21.S.S. The van der Waals surface area contributed by atoms with Crippen molar-refractivity contribution in [2.24, 2.45) is 0 Å². The molecule has 2 aliphatic rings. The number of fused-ring (bicyclic) bond motifs is 1. The summed E-state index contributed by atoms with van der Waals surface area (Å²) in [6.45, 7) is 1.05. The molecule has 0 aromatic heterocycles. The number of nitrogens with one attached hydrogen (secondary N) is 1. The molecule has 1 aromatic rings. The highest BCUT2D eigenvalue weighted by atomic mass is 32.1. The van der Waals surface area contributed by atoms with Crippen LogP contribution in [-0.4, -0.2) is 17.7 Å². The van der Waals surface area contributed by atoms with Gasteiger partial charge in [-0.15, -0.1) is 0 Å². The summed E-state index contributed by atoms with van der Waals surface area (Å²) in [5, 5.41) is 14.2. The molecule has 4 heteroatoms. The third-order valence-electron chi connectivity index (χ3n) is 3.90. The Morgan fingerprint density at radius 2 is 2.00 bits per heavy atom. The first kappa shape index (κ1) is 14.9. The Morgan fingerprint density at radius 1 is 1.24 bits per heavy atom. The van der Waals surface area contributed by atoms with E-state index in [-0.39, 0.29) is 33.0 Å². The molecule has 0 saturated carbocycles. The van der Waals surface area contributed by atoms with Crippen LogP contribution >= 0.6 is 27.0 Å². The van der Waals surface area contributed by atoms with Crippen LogP contribution in [0.5, 0.6) is 0 Å². The fraction of sp³-hybridized carbons (Fsp3) is 0.538. The lowest BCUT2D eigenvalue weighted by atomic mass is 9.87. The first-order chi connectivity index (χ1) is 7.31. The van der Waals surface area contributed by atoms with Crippen LogP contribution in [0, 0.1) is 0 Å². The molecule has 1 aliphatic heterocycles. The molecule has 3 rings (SSSR count). The predicted molar refractivity (Wildman–Crippen MR) is 80.4 cm³/mol. The van der Waals surface area contributed by atoms with Gasteiger partial charge in [-0.2, -0.15) is 27.0 Å². The second-order valence-corrected chi connectivity index (χ2v) is 4.73. The Hall–Kier alpha value is -0.160. The predicted octanol–water partition coefficient (Wildman–Crippen LogP) is 1.80. The van der Waals surface area contributed by atoms with Gasteiger partial charge in [0.25, 0.3) is 0 Å². The third kappa shape index (κ3) is 2.36. The number of hydrogen-bond acceptors (Lipinski definition) is 2. The fourth-order valence-corrected chi connectivity index (χ4v) is 3.07. The maximum absolute atomic E-state index is 10.8. The standard InChI is InChI=1S/C13H17NO.2H2S/c15-13(12-6-3-9-14-12)8-7-10-4-1-2-5-11(10)13;;/h1-2,4-5,12,14-15H,3,6-9H2;2*1H2/t12-,13-;;/m0../s1. The van der Waals surface area contributed by atoms with E-state index in [1.807, 2.05) is 6.07 Å². The lowest BCUT2D eigenvalue weighted by molar-refractivity contribution is 0.00461. The summed E-state index contributed by atoms with van der Waals surface area (Å²) < 4.78 is 0. The topological polar surface area (TPSA) is 32.3 Å². The van der Waals surface area contributed by atoms with Crippen LogP contribution in [-0.2, 0) is 12.0 Å². The highest BCUT2D eigenvalue weighted by molar-refractivity contribution is 7.59. The Bertz CT molecular complexity index is 379. The minimum Gasteiger partial charge on any atom is -0.384 e. The van der Waals surface area contributed by atoms with Crippen molar-refractivity contribution in [2.45, 2.75) is 37.3 Å². The molecule has 0 bridgehead atoms. The zero-order valence-electron chi connectivity index (χ0n) is 9.87. The Morgan fingerprint density at radius 3 is 2.71 bits per heavy atom. The van der Waals surface area contributed by atoms with E-state index in [2.05, 4.69) is 23.5 Å². The van der Waals surface area contributed by atoms with Crippen molar-refractivity contribution >= 4 is 27.0 Å². The normalized spacial score (nSPS) is 30.3. The molecule has 0 radical (unpaired) electrons. The van der Waals surface area contributed by atoms with E-state index in [4.69, 9.17) is 0 Å². The van der Waals surface area contributed by atoms with Gasteiger partial charge in [-0.3, -0.25) is 0 Å². The Balaban J connectivity index is 0.000000722. The smallest absolute Gasteiger partial charge is 0.105 e. The minimum absolute atomic E-state index is 0. The molecule has 1 aromatic carbocycles. The second kappa shape index (κ2) is 5.65. The van der Waals surface area contributed by atoms with E-state index in [0.717, 1.165) is 31.4 Å². The van der Waals surface area contributed by atoms with Crippen LogP contribution in [0.15, 0.2) is 24.3 Å². The molecule has 2 nitrogen and oxygen atoms in total. The number of rotatable bonds is 1. The van der Waals surface area contributed by atoms with Crippen LogP contribution in [0.25, 0.3) is 0 Å².